The van der Waals surface area contributed by atoms with Crippen LogP contribution in [-0.4, -0.2) is 30.8 Å². The zero-order valence-corrected chi connectivity index (χ0v) is 10.3. The van der Waals surface area contributed by atoms with Gasteiger partial charge < -0.3 is 15.2 Å². The highest BCUT2D eigenvalue weighted by atomic mass is 16.5. The third kappa shape index (κ3) is 3.41. The molecule has 4 nitrogen and oxygen atoms in total. The van der Waals surface area contributed by atoms with Gasteiger partial charge in [0, 0.05) is 25.0 Å². The van der Waals surface area contributed by atoms with Gasteiger partial charge in [-0.1, -0.05) is 0 Å². The van der Waals surface area contributed by atoms with Crippen LogP contribution in [0.1, 0.15) is 24.2 Å². The second-order valence-corrected chi connectivity index (χ2v) is 4.37. The molecular weight excluding hydrogens is 216 g/mol. The number of rotatable bonds is 4. The Balaban J connectivity index is 2.07. The molecule has 1 aliphatic heterocycles. The fourth-order valence-electron chi connectivity index (χ4n) is 1.99. The number of pyridine rings is 1. The molecule has 1 aromatic heterocycles. The minimum Gasteiger partial charge on any atom is -0.488 e. The van der Waals surface area contributed by atoms with Crippen LogP contribution in [0.5, 0.6) is 5.75 Å². The van der Waals surface area contributed by atoms with E-state index in [2.05, 4.69) is 4.98 Å². The Morgan fingerprint density at radius 2 is 2.18 bits per heavy atom. The average Bonchev–Trinajstić information content (AvgIpc) is 2.34. The lowest BCUT2D eigenvalue weighted by Gasteiger charge is -2.24. The lowest BCUT2D eigenvalue weighted by molar-refractivity contribution is 0.0250. The van der Waals surface area contributed by atoms with Gasteiger partial charge in [-0.3, -0.25) is 4.98 Å². The largest absolute Gasteiger partial charge is 0.488 e. The van der Waals surface area contributed by atoms with Gasteiger partial charge in [0.15, 0.2) is 0 Å². The van der Waals surface area contributed by atoms with E-state index in [4.69, 9.17) is 15.2 Å². The Morgan fingerprint density at radius 1 is 1.41 bits per heavy atom. The zero-order valence-electron chi connectivity index (χ0n) is 10.3. The zero-order chi connectivity index (χ0) is 12.1. The summed E-state index contributed by atoms with van der Waals surface area (Å²) in [6.45, 7) is 4.16. The van der Waals surface area contributed by atoms with Gasteiger partial charge in [-0.15, -0.1) is 0 Å². The lowest BCUT2D eigenvalue weighted by Crippen LogP contribution is -2.26. The average molecular weight is 236 g/mol. The van der Waals surface area contributed by atoms with E-state index in [-0.39, 0.29) is 6.10 Å². The van der Waals surface area contributed by atoms with E-state index in [9.17, 15) is 0 Å². The van der Waals surface area contributed by atoms with Gasteiger partial charge in [-0.25, -0.2) is 0 Å². The SMILES string of the molecule is Cc1ccc(OC2CCOCC2)c(CCN)n1. The van der Waals surface area contributed by atoms with Crippen LogP contribution in [0, 0.1) is 6.92 Å². The maximum Gasteiger partial charge on any atom is 0.141 e. The minimum atomic E-state index is 0.254. The third-order valence-corrected chi connectivity index (χ3v) is 2.91. The van der Waals surface area contributed by atoms with Gasteiger partial charge in [-0.05, 0) is 25.6 Å². The number of aromatic nitrogens is 1. The molecule has 0 amide bonds. The topological polar surface area (TPSA) is 57.4 Å². The molecule has 1 aliphatic rings. The van der Waals surface area contributed by atoms with Crippen LogP contribution in [0.4, 0.5) is 0 Å². The summed E-state index contributed by atoms with van der Waals surface area (Å²) in [5, 5.41) is 0. The molecule has 1 fully saturated rings. The van der Waals surface area contributed by atoms with Crippen LogP contribution >= 0.6 is 0 Å². The van der Waals surface area contributed by atoms with Gasteiger partial charge in [0.05, 0.1) is 18.9 Å². The molecule has 0 aromatic carbocycles. The summed E-state index contributed by atoms with van der Waals surface area (Å²) in [7, 11) is 0. The summed E-state index contributed by atoms with van der Waals surface area (Å²) in [5.41, 5.74) is 7.58. The molecule has 1 aromatic rings. The molecule has 0 aliphatic carbocycles. The van der Waals surface area contributed by atoms with Crippen molar-refractivity contribution in [1.29, 1.82) is 0 Å². The van der Waals surface area contributed by atoms with Crippen molar-refractivity contribution in [2.24, 2.45) is 5.73 Å². The van der Waals surface area contributed by atoms with E-state index < -0.39 is 0 Å². The number of hydrogen-bond acceptors (Lipinski definition) is 4. The predicted octanol–water partition coefficient (Wildman–Crippen LogP) is 1.45. The first-order valence-electron chi connectivity index (χ1n) is 6.20. The van der Waals surface area contributed by atoms with Gasteiger partial charge >= 0.3 is 0 Å². The molecule has 4 heteroatoms. The van der Waals surface area contributed by atoms with E-state index >= 15 is 0 Å². The lowest BCUT2D eigenvalue weighted by atomic mass is 10.1. The summed E-state index contributed by atoms with van der Waals surface area (Å²) in [4.78, 5) is 4.49. The Labute approximate surface area is 102 Å². The van der Waals surface area contributed by atoms with Crippen molar-refractivity contribution in [3.63, 3.8) is 0 Å². The van der Waals surface area contributed by atoms with Crippen molar-refractivity contribution in [1.82, 2.24) is 4.98 Å². The molecule has 2 rings (SSSR count). The molecule has 0 atom stereocenters. The summed E-state index contributed by atoms with van der Waals surface area (Å²) < 4.78 is 11.3. The molecule has 0 bridgehead atoms. The fraction of sp³-hybridized carbons (Fsp3) is 0.615. The molecular formula is C13H20N2O2. The van der Waals surface area contributed by atoms with Gasteiger partial charge in [-0.2, -0.15) is 0 Å². The maximum absolute atomic E-state index is 6.00. The van der Waals surface area contributed by atoms with E-state index in [0.29, 0.717) is 6.54 Å². The van der Waals surface area contributed by atoms with Crippen molar-refractivity contribution in [3.05, 3.63) is 23.5 Å². The van der Waals surface area contributed by atoms with Crippen LogP contribution in [0.15, 0.2) is 12.1 Å². The van der Waals surface area contributed by atoms with Crippen LogP contribution in [-0.2, 0) is 11.2 Å². The summed E-state index contributed by atoms with van der Waals surface area (Å²) in [6, 6.07) is 3.98. The first-order chi connectivity index (χ1) is 8.29. The molecule has 1 saturated heterocycles. The number of hydrogen-bond donors (Lipinski definition) is 1. The quantitative estimate of drug-likeness (QED) is 0.859. The number of aryl methyl sites for hydroxylation is 1. The Morgan fingerprint density at radius 3 is 2.88 bits per heavy atom. The maximum atomic E-state index is 6.00. The second-order valence-electron chi connectivity index (χ2n) is 4.37. The van der Waals surface area contributed by atoms with Crippen molar-refractivity contribution in [2.75, 3.05) is 19.8 Å². The Kier molecular flexibility index (Phi) is 4.34. The molecule has 0 unspecified atom stereocenters. The first kappa shape index (κ1) is 12.3. The van der Waals surface area contributed by atoms with Crippen molar-refractivity contribution in [2.45, 2.75) is 32.3 Å². The Bertz CT molecular complexity index is 362. The Hall–Kier alpha value is -1.13. The van der Waals surface area contributed by atoms with Gasteiger partial charge in [0.1, 0.15) is 11.9 Å². The fourth-order valence-corrected chi connectivity index (χ4v) is 1.99. The monoisotopic (exact) mass is 236 g/mol. The minimum absolute atomic E-state index is 0.254. The van der Waals surface area contributed by atoms with E-state index in [1.807, 2.05) is 19.1 Å². The third-order valence-electron chi connectivity index (χ3n) is 2.91. The standard InChI is InChI=1S/C13H20N2O2/c1-10-2-3-13(12(15-10)4-7-14)17-11-5-8-16-9-6-11/h2-3,11H,4-9,14H2,1H3. The smallest absolute Gasteiger partial charge is 0.141 e. The summed E-state index contributed by atoms with van der Waals surface area (Å²) in [6.07, 6.45) is 2.93. The van der Waals surface area contributed by atoms with E-state index in [0.717, 1.165) is 49.6 Å². The predicted molar refractivity (Wildman–Crippen MR) is 66.2 cm³/mol. The molecule has 0 saturated carbocycles. The normalized spacial score (nSPS) is 17.1. The van der Waals surface area contributed by atoms with Crippen molar-refractivity contribution >= 4 is 0 Å². The number of ether oxygens (including phenoxy) is 2. The van der Waals surface area contributed by atoms with Crippen LogP contribution in [0.2, 0.25) is 0 Å². The first-order valence-corrected chi connectivity index (χ1v) is 6.20. The van der Waals surface area contributed by atoms with Gasteiger partial charge in [0.2, 0.25) is 0 Å². The molecule has 0 radical (unpaired) electrons. The molecule has 17 heavy (non-hydrogen) atoms. The van der Waals surface area contributed by atoms with Gasteiger partial charge in [0.25, 0.3) is 0 Å². The molecule has 0 spiro atoms. The molecule has 2 heterocycles. The van der Waals surface area contributed by atoms with Crippen LogP contribution in [0.25, 0.3) is 0 Å². The highest BCUT2D eigenvalue weighted by Crippen LogP contribution is 2.22. The van der Waals surface area contributed by atoms with Crippen molar-refractivity contribution in [3.8, 4) is 5.75 Å². The summed E-state index contributed by atoms with van der Waals surface area (Å²) in [5.74, 6) is 0.882. The number of nitrogens with two attached hydrogens (primary N) is 1. The highest BCUT2D eigenvalue weighted by Gasteiger charge is 2.17. The molecule has 2 N–H and O–H groups in total. The number of nitrogens with zero attached hydrogens (tertiary/aromatic N) is 1. The summed E-state index contributed by atoms with van der Waals surface area (Å²) >= 11 is 0. The van der Waals surface area contributed by atoms with Crippen LogP contribution in [0.3, 0.4) is 0 Å². The molecule has 94 valence electrons. The van der Waals surface area contributed by atoms with Crippen LogP contribution < -0.4 is 10.5 Å². The van der Waals surface area contributed by atoms with Crippen molar-refractivity contribution < 1.29 is 9.47 Å². The van der Waals surface area contributed by atoms with E-state index in [1.54, 1.807) is 0 Å². The highest BCUT2D eigenvalue weighted by molar-refractivity contribution is 5.29. The van der Waals surface area contributed by atoms with E-state index in [1.165, 1.54) is 0 Å². The second kappa shape index (κ2) is 5.98.